The Labute approximate surface area is 120 Å². The topological polar surface area (TPSA) is 71.6 Å². The minimum absolute atomic E-state index is 0.0793. The van der Waals surface area contributed by atoms with E-state index in [1.807, 2.05) is 30.3 Å². The molecule has 3 N–H and O–H groups in total. The van der Waals surface area contributed by atoms with Crippen molar-refractivity contribution in [2.24, 2.45) is 5.73 Å². The number of nitrogens with zero attached hydrogens (tertiary/aromatic N) is 1. The van der Waals surface area contributed by atoms with Crippen molar-refractivity contribution in [3.63, 3.8) is 0 Å². The summed E-state index contributed by atoms with van der Waals surface area (Å²) in [6, 6.07) is 9.96. The van der Waals surface area contributed by atoms with Gasteiger partial charge in [0, 0.05) is 33.9 Å². The second-order valence-electron chi connectivity index (χ2n) is 5.19. The summed E-state index contributed by atoms with van der Waals surface area (Å²) in [4.78, 5) is 2.25. The van der Waals surface area contributed by atoms with E-state index < -0.39 is 0 Å². The third-order valence-electron chi connectivity index (χ3n) is 3.91. The maximum absolute atomic E-state index is 7.83. The van der Waals surface area contributed by atoms with E-state index in [0.717, 1.165) is 25.2 Å². The van der Waals surface area contributed by atoms with Crippen molar-refractivity contribution >= 4 is 5.84 Å². The van der Waals surface area contributed by atoms with Crippen molar-refractivity contribution in [1.82, 2.24) is 4.90 Å². The molecule has 0 aromatic heterocycles. The molecular formula is C15H23N3O2. The summed E-state index contributed by atoms with van der Waals surface area (Å²) in [6.45, 7) is 2.34. The number of hydrogen-bond donors (Lipinski definition) is 2. The maximum Gasteiger partial charge on any atom is 0.0995 e. The molecule has 1 aliphatic heterocycles. The lowest BCUT2D eigenvalue weighted by atomic mass is 9.97. The largest absolute Gasteiger partial charge is 0.387 e. The van der Waals surface area contributed by atoms with E-state index in [1.165, 1.54) is 0 Å². The monoisotopic (exact) mass is 277 g/mol. The van der Waals surface area contributed by atoms with Gasteiger partial charge in [-0.3, -0.25) is 10.3 Å². The molecule has 1 heterocycles. The van der Waals surface area contributed by atoms with Gasteiger partial charge in [0.2, 0.25) is 0 Å². The SMILES string of the molecule is COC1CN(CC(C(=N)N)c2ccccc2)CC1OC. The molecule has 3 unspecified atom stereocenters. The van der Waals surface area contributed by atoms with Crippen LogP contribution in [0.4, 0.5) is 0 Å². The molecule has 3 atom stereocenters. The number of rotatable bonds is 6. The van der Waals surface area contributed by atoms with Crippen molar-refractivity contribution in [2.75, 3.05) is 33.9 Å². The number of benzene rings is 1. The van der Waals surface area contributed by atoms with Crippen molar-refractivity contribution in [3.05, 3.63) is 35.9 Å². The molecule has 0 saturated carbocycles. The van der Waals surface area contributed by atoms with E-state index >= 15 is 0 Å². The number of amidine groups is 1. The first-order valence-corrected chi connectivity index (χ1v) is 6.82. The Morgan fingerprint density at radius 2 is 1.80 bits per heavy atom. The number of hydrogen-bond acceptors (Lipinski definition) is 4. The first-order valence-electron chi connectivity index (χ1n) is 6.82. The van der Waals surface area contributed by atoms with Gasteiger partial charge >= 0.3 is 0 Å². The Morgan fingerprint density at radius 1 is 1.25 bits per heavy atom. The predicted molar refractivity (Wildman–Crippen MR) is 79.1 cm³/mol. The van der Waals surface area contributed by atoms with Gasteiger partial charge < -0.3 is 15.2 Å². The Hall–Kier alpha value is -1.43. The predicted octanol–water partition coefficient (Wildman–Crippen LogP) is 1.05. The third-order valence-corrected chi connectivity index (χ3v) is 3.91. The quantitative estimate of drug-likeness (QED) is 0.602. The summed E-state index contributed by atoms with van der Waals surface area (Å²) < 4.78 is 10.9. The lowest BCUT2D eigenvalue weighted by Crippen LogP contribution is -2.34. The molecule has 20 heavy (non-hydrogen) atoms. The van der Waals surface area contributed by atoms with Gasteiger partial charge in [-0.15, -0.1) is 0 Å². The molecule has 1 aromatic carbocycles. The fourth-order valence-electron chi connectivity index (χ4n) is 2.75. The average molecular weight is 277 g/mol. The molecule has 1 saturated heterocycles. The summed E-state index contributed by atoms with van der Waals surface area (Å²) >= 11 is 0. The summed E-state index contributed by atoms with van der Waals surface area (Å²) in [5.74, 6) is 0.121. The molecule has 0 amide bonds. The zero-order valence-corrected chi connectivity index (χ0v) is 12.1. The lowest BCUT2D eigenvalue weighted by Gasteiger charge is -2.23. The highest BCUT2D eigenvalue weighted by Crippen LogP contribution is 2.22. The number of nitrogens with two attached hydrogens (primary N) is 1. The van der Waals surface area contributed by atoms with Crippen LogP contribution in [0.25, 0.3) is 0 Å². The molecular weight excluding hydrogens is 254 g/mol. The molecule has 110 valence electrons. The van der Waals surface area contributed by atoms with E-state index in [1.54, 1.807) is 14.2 Å². The van der Waals surface area contributed by atoms with Gasteiger partial charge in [-0.1, -0.05) is 30.3 Å². The third kappa shape index (κ3) is 3.36. The fraction of sp³-hybridized carbons (Fsp3) is 0.533. The van der Waals surface area contributed by atoms with Crippen LogP contribution in [-0.4, -0.2) is 56.8 Å². The van der Waals surface area contributed by atoms with Crippen molar-refractivity contribution in [3.8, 4) is 0 Å². The van der Waals surface area contributed by atoms with Crippen LogP contribution in [-0.2, 0) is 9.47 Å². The Balaban J connectivity index is 2.05. The molecule has 0 aliphatic carbocycles. The normalized spacial score (nSPS) is 24.7. The number of ether oxygens (including phenoxy) is 2. The van der Waals surface area contributed by atoms with Crippen molar-refractivity contribution in [2.45, 2.75) is 18.1 Å². The summed E-state index contributed by atoms with van der Waals surface area (Å²) in [6.07, 6.45) is 0.173. The molecule has 0 spiro atoms. The van der Waals surface area contributed by atoms with Gasteiger partial charge in [-0.05, 0) is 5.56 Å². The van der Waals surface area contributed by atoms with Crippen LogP contribution in [0, 0.1) is 5.41 Å². The van der Waals surface area contributed by atoms with Crippen LogP contribution < -0.4 is 5.73 Å². The van der Waals surface area contributed by atoms with E-state index in [9.17, 15) is 0 Å². The molecule has 1 aromatic rings. The van der Waals surface area contributed by atoms with Gasteiger partial charge in [-0.2, -0.15) is 0 Å². The molecule has 5 heteroatoms. The van der Waals surface area contributed by atoms with Gasteiger partial charge in [0.25, 0.3) is 0 Å². The van der Waals surface area contributed by atoms with Gasteiger partial charge in [0.15, 0.2) is 0 Å². The lowest BCUT2D eigenvalue weighted by molar-refractivity contribution is -0.00461. The van der Waals surface area contributed by atoms with Crippen LogP contribution in [0.2, 0.25) is 0 Å². The highest BCUT2D eigenvalue weighted by Gasteiger charge is 2.34. The van der Waals surface area contributed by atoms with Crippen LogP contribution in [0.1, 0.15) is 11.5 Å². The van der Waals surface area contributed by atoms with Gasteiger partial charge in [0.05, 0.1) is 24.0 Å². The number of likely N-dealkylation sites (tertiary alicyclic amines) is 1. The van der Waals surface area contributed by atoms with Gasteiger partial charge in [-0.25, -0.2) is 0 Å². The van der Waals surface area contributed by atoms with Crippen molar-refractivity contribution in [1.29, 1.82) is 5.41 Å². The van der Waals surface area contributed by atoms with Crippen LogP contribution in [0.15, 0.2) is 30.3 Å². The van der Waals surface area contributed by atoms with E-state index in [4.69, 9.17) is 20.6 Å². The highest BCUT2D eigenvalue weighted by atomic mass is 16.5. The number of methoxy groups -OCH3 is 2. The van der Waals surface area contributed by atoms with Crippen LogP contribution in [0.5, 0.6) is 0 Å². The fourth-order valence-corrected chi connectivity index (χ4v) is 2.75. The minimum atomic E-state index is -0.0793. The zero-order valence-electron chi connectivity index (χ0n) is 12.1. The average Bonchev–Trinajstić information content (AvgIpc) is 2.87. The second kappa shape index (κ2) is 6.83. The van der Waals surface area contributed by atoms with Crippen molar-refractivity contribution < 1.29 is 9.47 Å². The first-order chi connectivity index (χ1) is 9.65. The highest BCUT2D eigenvalue weighted by molar-refractivity contribution is 5.84. The molecule has 0 bridgehead atoms. The van der Waals surface area contributed by atoms with Crippen LogP contribution in [0.3, 0.4) is 0 Å². The number of nitrogens with one attached hydrogen (secondary N) is 1. The summed E-state index contributed by atoms with van der Waals surface area (Å²) in [7, 11) is 3.42. The van der Waals surface area contributed by atoms with E-state index in [0.29, 0.717) is 0 Å². The van der Waals surface area contributed by atoms with E-state index in [2.05, 4.69) is 4.90 Å². The molecule has 2 rings (SSSR count). The molecule has 0 radical (unpaired) electrons. The smallest absolute Gasteiger partial charge is 0.0995 e. The summed E-state index contributed by atoms with van der Waals surface area (Å²) in [5, 5.41) is 7.83. The van der Waals surface area contributed by atoms with E-state index in [-0.39, 0.29) is 24.0 Å². The van der Waals surface area contributed by atoms with Crippen LogP contribution >= 0.6 is 0 Å². The standard InChI is InChI=1S/C15H23N3O2/c1-19-13-9-18(10-14(13)20-2)8-12(15(16)17)11-6-4-3-5-7-11/h3-7,12-14H,8-10H2,1-2H3,(H3,16,17). The maximum atomic E-state index is 7.83. The minimum Gasteiger partial charge on any atom is -0.387 e. The molecule has 5 nitrogen and oxygen atoms in total. The first kappa shape index (κ1) is 15.0. The summed E-state index contributed by atoms with van der Waals surface area (Å²) in [5.41, 5.74) is 6.85. The molecule has 1 aliphatic rings. The second-order valence-corrected chi connectivity index (χ2v) is 5.19. The Kier molecular flexibility index (Phi) is 5.11. The zero-order chi connectivity index (χ0) is 14.5. The Bertz CT molecular complexity index is 426. The van der Waals surface area contributed by atoms with Gasteiger partial charge in [0.1, 0.15) is 0 Å². The Morgan fingerprint density at radius 3 is 2.25 bits per heavy atom. The molecule has 1 fully saturated rings.